The van der Waals surface area contributed by atoms with Gasteiger partial charge >= 0.3 is 0 Å². The lowest BCUT2D eigenvalue weighted by molar-refractivity contribution is -0.113. The van der Waals surface area contributed by atoms with Crippen molar-refractivity contribution in [2.45, 2.75) is 33.3 Å². The van der Waals surface area contributed by atoms with E-state index in [1.807, 2.05) is 39.1 Å². The Morgan fingerprint density at radius 1 is 1.13 bits per heavy atom. The second kappa shape index (κ2) is 11.2. The summed E-state index contributed by atoms with van der Waals surface area (Å²) >= 11 is 0. The number of hydrogen-bond donors (Lipinski definition) is 1. The lowest BCUT2D eigenvalue weighted by Gasteiger charge is -2.33. The van der Waals surface area contributed by atoms with Crippen molar-refractivity contribution >= 4 is 12.0 Å². The Bertz CT molecular complexity index is 865. The number of aliphatic hydroxyl groups is 1. The number of hydrogen-bond acceptors (Lipinski definition) is 6. The first-order valence-corrected chi connectivity index (χ1v) is 10.5. The van der Waals surface area contributed by atoms with Gasteiger partial charge in [-0.3, -0.25) is 0 Å². The summed E-state index contributed by atoms with van der Waals surface area (Å²) in [5.41, 5.74) is 3.58. The van der Waals surface area contributed by atoms with Gasteiger partial charge in [-0.25, -0.2) is 0 Å². The molecule has 0 fully saturated rings. The summed E-state index contributed by atoms with van der Waals surface area (Å²) in [4.78, 5) is 13.3. The minimum Gasteiger partial charge on any atom is -0.493 e. The topological polar surface area (TPSA) is 68.2 Å². The van der Waals surface area contributed by atoms with E-state index in [1.54, 1.807) is 14.2 Å². The van der Waals surface area contributed by atoms with E-state index in [9.17, 15) is 9.90 Å². The summed E-state index contributed by atoms with van der Waals surface area (Å²) in [7, 11) is 5.19. The number of methoxy groups -OCH3 is 2. The van der Waals surface area contributed by atoms with E-state index in [4.69, 9.17) is 14.2 Å². The van der Waals surface area contributed by atoms with Gasteiger partial charge in [0.25, 0.3) is 0 Å². The molecule has 31 heavy (non-hydrogen) atoms. The molecule has 2 aromatic rings. The molecule has 0 aliphatic carbocycles. The summed E-state index contributed by atoms with van der Waals surface area (Å²) in [5, 5.41) is 9.75. The number of rotatable bonds is 12. The van der Waals surface area contributed by atoms with E-state index in [0.29, 0.717) is 18.0 Å². The summed E-state index contributed by atoms with van der Waals surface area (Å²) in [6.07, 6.45) is 1.09. The van der Waals surface area contributed by atoms with Crippen molar-refractivity contribution in [2.24, 2.45) is 5.41 Å². The molecule has 0 aromatic heterocycles. The minimum atomic E-state index is -0.531. The fourth-order valence-corrected chi connectivity index (χ4v) is 3.76. The van der Waals surface area contributed by atoms with Crippen LogP contribution in [0.3, 0.4) is 0 Å². The molecule has 6 nitrogen and oxygen atoms in total. The smallest absolute Gasteiger partial charge is 0.166 e. The van der Waals surface area contributed by atoms with E-state index >= 15 is 0 Å². The van der Waals surface area contributed by atoms with E-state index in [0.717, 1.165) is 35.1 Å². The number of benzene rings is 2. The zero-order valence-corrected chi connectivity index (χ0v) is 19.5. The van der Waals surface area contributed by atoms with Crippen LogP contribution < -0.4 is 14.4 Å². The van der Waals surface area contributed by atoms with Gasteiger partial charge in [-0.1, -0.05) is 45.0 Å². The maximum absolute atomic E-state index is 11.2. The average Bonchev–Trinajstić information content (AvgIpc) is 2.78. The first-order chi connectivity index (χ1) is 14.8. The van der Waals surface area contributed by atoms with Crippen molar-refractivity contribution in [1.82, 2.24) is 0 Å². The zero-order chi connectivity index (χ0) is 23.0. The molecule has 0 aliphatic rings. The van der Waals surface area contributed by atoms with Crippen LogP contribution in [0.4, 0.5) is 5.69 Å². The maximum atomic E-state index is 11.2. The summed E-state index contributed by atoms with van der Waals surface area (Å²) < 4.78 is 17.2. The fourth-order valence-electron chi connectivity index (χ4n) is 3.76. The van der Waals surface area contributed by atoms with Crippen molar-refractivity contribution in [2.75, 3.05) is 45.9 Å². The highest BCUT2D eigenvalue weighted by molar-refractivity contribution is 5.61. The number of carbonyl (C=O) groups excluding carboxylic acids is 1. The van der Waals surface area contributed by atoms with Gasteiger partial charge < -0.3 is 29.0 Å². The van der Waals surface area contributed by atoms with Crippen LogP contribution in [0.25, 0.3) is 0 Å². The third kappa shape index (κ3) is 5.99. The molecular weight excluding hydrogens is 394 g/mol. The molecule has 2 rings (SSSR count). The van der Waals surface area contributed by atoms with E-state index in [2.05, 4.69) is 30.0 Å². The van der Waals surface area contributed by atoms with Gasteiger partial charge in [-0.15, -0.1) is 0 Å². The second-order valence-corrected chi connectivity index (χ2v) is 8.39. The molecule has 0 saturated carbocycles. The highest BCUT2D eigenvalue weighted by atomic mass is 16.5. The minimum absolute atomic E-state index is 0.0489. The van der Waals surface area contributed by atoms with Crippen LogP contribution in [0, 0.1) is 5.41 Å². The monoisotopic (exact) mass is 429 g/mol. The second-order valence-electron chi connectivity index (χ2n) is 8.39. The molecule has 6 heteroatoms. The van der Waals surface area contributed by atoms with Crippen LogP contribution in [0.5, 0.6) is 11.5 Å². The standard InChI is InChI=1S/C25H35NO5/c1-7-18-11-12-21(26(4)16-25(2,3)17-28)20(15-18)23(31-14-13-27)19-9-8-10-22(29-5)24(19)30-6/h8-13,15,23,28H,7,14,16-17H2,1-6H3. The van der Waals surface area contributed by atoms with Gasteiger partial charge in [0.15, 0.2) is 11.5 Å². The van der Waals surface area contributed by atoms with Gasteiger partial charge in [0.1, 0.15) is 19.0 Å². The Morgan fingerprint density at radius 3 is 2.45 bits per heavy atom. The first-order valence-electron chi connectivity index (χ1n) is 10.5. The lowest BCUT2D eigenvalue weighted by Crippen LogP contribution is -2.34. The molecule has 2 aromatic carbocycles. The Balaban J connectivity index is 2.67. The maximum Gasteiger partial charge on any atom is 0.166 e. The molecule has 0 bridgehead atoms. The van der Waals surface area contributed by atoms with Crippen molar-refractivity contribution in [1.29, 1.82) is 0 Å². The van der Waals surface area contributed by atoms with Crippen LogP contribution in [0.2, 0.25) is 0 Å². The fraction of sp³-hybridized carbons (Fsp3) is 0.480. The number of aldehydes is 1. The average molecular weight is 430 g/mol. The molecule has 170 valence electrons. The van der Waals surface area contributed by atoms with Crippen molar-refractivity contribution in [3.8, 4) is 11.5 Å². The number of ether oxygens (including phenoxy) is 3. The Hall–Kier alpha value is -2.57. The quantitative estimate of drug-likeness (QED) is 0.514. The predicted octanol–water partition coefficient (Wildman–Crippen LogP) is 4.03. The Morgan fingerprint density at radius 2 is 1.87 bits per heavy atom. The Labute approximate surface area is 185 Å². The molecule has 0 saturated heterocycles. The van der Waals surface area contributed by atoms with Gasteiger partial charge in [-0.2, -0.15) is 0 Å². The predicted molar refractivity (Wildman–Crippen MR) is 123 cm³/mol. The lowest BCUT2D eigenvalue weighted by atomic mass is 9.92. The number of aliphatic hydroxyl groups excluding tert-OH is 1. The third-order valence-corrected chi connectivity index (χ3v) is 5.33. The van der Waals surface area contributed by atoms with Gasteiger partial charge in [0.05, 0.1) is 14.2 Å². The van der Waals surface area contributed by atoms with Crippen LogP contribution in [-0.2, 0) is 16.0 Å². The highest BCUT2D eigenvalue weighted by Gasteiger charge is 2.27. The van der Waals surface area contributed by atoms with Gasteiger partial charge in [0, 0.05) is 42.4 Å². The van der Waals surface area contributed by atoms with Gasteiger partial charge in [-0.05, 0) is 24.1 Å². The molecule has 0 spiro atoms. The molecule has 1 atom stereocenters. The third-order valence-electron chi connectivity index (χ3n) is 5.33. The zero-order valence-electron chi connectivity index (χ0n) is 19.5. The molecule has 1 N–H and O–H groups in total. The number of para-hydroxylation sites is 1. The van der Waals surface area contributed by atoms with E-state index in [-0.39, 0.29) is 18.6 Å². The Kier molecular flexibility index (Phi) is 8.89. The highest BCUT2D eigenvalue weighted by Crippen LogP contribution is 2.42. The molecule has 0 amide bonds. The largest absolute Gasteiger partial charge is 0.493 e. The van der Waals surface area contributed by atoms with Crippen molar-refractivity contribution in [3.63, 3.8) is 0 Å². The summed E-state index contributed by atoms with van der Waals surface area (Å²) in [6.45, 7) is 6.83. The van der Waals surface area contributed by atoms with Crippen molar-refractivity contribution < 1.29 is 24.1 Å². The molecule has 0 aliphatic heterocycles. The van der Waals surface area contributed by atoms with Crippen molar-refractivity contribution in [3.05, 3.63) is 53.1 Å². The van der Waals surface area contributed by atoms with Crippen LogP contribution in [0.1, 0.15) is 43.6 Å². The molecule has 0 heterocycles. The van der Waals surface area contributed by atoms with E-state index in [1.165, 1.54) is 0 Å². The van der Waals surface area contributed by atoms with Crippen LogP contribution >= 0.6 is 0 Å². The number of aryl methyl sites for hydroxylation is 1. The SMILES string of the molecule is CCc1ccc(N(C)CC(C)(C)CO)c(C(OCC=O)c2cccc(OC)c2OC)c1. The van der Waals surface area contributed by atoms with Crippen LogP contribution in [0.15, 0.2) is 36.4 Å². The molecular formula is C25H35NO5. The van der Waals surface area contributed by atoms with Crippen LogP contribution in [-0.4, -0.2) is 52.4 Å². The number of anilines is 1. The number of carbonyl (C=O) groups is 1. The van der Waals surface area contributed by atoms with Gasteiger partial charge in [0.2, 0.25) is 0 Å². The van der Waals surface area contributed by atoms with E-state index < -0.39 is 6.10 Å². The summed E-state index contributed by atoms with van der Waals surface area (Å²) in [6, 6.07) is 11.9. The molecule has 1 unspecified atom stereocenters. The normalized spacial score (nSPS) is 12.4. The first kappa shape index (κ1) is 24.7. The summed E-state index contributed by atoms with van der Waals surface area (Å²) in [5.74, 6) is 1.18. The number of nitrogens with zero attached hydrogens (tertiary/aromatic N) is 1. The molecule has 0 radical (unpaired) electrons.